The summed E-state index contributed by atoms with van der Waals surface area (Å²) < 4.78 is 15.8. The van der Waals surface area contributed by atoms with Crippen LogP contribution in [0.1, 0.15) is 31.7 Å². The minimum atomic E-state index is -0.569. The molecule has 1 aromatic rings. The number of esters is 1. The number of carbonyl (C=O) groups excluding carboxylic acids is 3. The highest BCUT2D eigenvalue weighted by atomic mass is 16.5. The van der Waals surface area contributed by atoms with Crippen LogP contribution in [0.2, 0.25) is 0 Å². The van der Waals surface area contributed by atoms with Crippen LogP contribution in [0.4, 0.5) is 4.79 Å². The molecule has 1 saturated heterocycles. The lowest BCUT2D eigenvalue weighted by atomic mass is 10.1. The molecule has 1 aromatic carbocycles. The number of ether oxygens (including phenoxy) is 3. The van der Waals surface area contributed by atoms with Crippen molar-refractivity contribution >= 4 is 24.0 Å². The molecule has 1 heterocycles. The van der Waals surface area contributed by atoms with Gasteiger partial charge in [-0.1, -0.05) is 32.1 Å². The molecule has 8 nitrogen and oxygen atoms in total. The molecule has 8 heteroatoms. The summed E-state index contributed by atoms with van der Waals surface area (Å²) in [5.41, 5.74) is 0.772. The highest BCUT2D eigenvalue weighted by Crippen LogP contribution is 2.29. The van der Waals surface area contributed by atoms with Crippen LogP contribution in [-0.4, -0.2) is 49.7 Å². The number of hydrogen-bond acceptors (Lipinski definition) is 6. The Balaban J connectivity index is 2.03. The van der Waals surface area contributed by atoms with Crippen molar-refractivity contribution in [2.45, 2.75) is 26.2 Å². The molecule has 1 aliphatic rings. The van der Waals surface area contributed by atoms with E-state index in [-0.39, 0.29) is 18.7 Å². The Labute approximate surface area is 170 Å². The van der Waals surface area contributed by atoms with Crippen LogP contribution in [0.25, 0.3) is 6.08 Å². The first-order valence-electron chi connectivity index (χ1n) is 9.42. The highest BCUT2D eigenvalue weighted by Gasteiger charge is 2.33. The minimum absolute atomic E-state index is 0.0371. The van der Waals surface area contributed by atoms with Crippen LogP contribution >= 0.6 is 0 Å². The fourth-order valence-corrected chi connectivity index (χ4v) is 2.59. The molecule has 0 bridgehead atoms. The Kier molecular flexibility index (Phi) is 8.27. The summed E-state index contributed by atoms with van der Waals surface area (Å²) in [5.74, 6) is 0.0998. The second kappa shape index (κ2) is 10.9. The van der Waals surface area contributed by atoms with Gasteiger partial charge in [0, 0.05) is 6.54 Å². The number of nitrogens with zero attached hydrogens (tertiary/aromatic N) is 1. The summed E-state index contributed by atoms with van der Waals surface area (Å²) in [6.45, 7) is 6.23. The van der Waals surface area contributed by atoms with Gasteiger partial charge in [0.15, 0.2) is 11.5 Å². The summed E-state index contributed by atoms with van der Waals surface area (Å²) >= 11 is 0. The lowest BCUT2D eigenvalue weighted by molar-refractivity contribution is -0.144. The number of carbonyl (C=O) groups is 3. The molecule has 0 aliphatic carbocycles. The monoisotopic (exact) mass is 402 g/mol. The van der Waals surface area contributed by atoms with E-state index in [4.69, 9.17) is 14.2 Å². The van der Waals surface area contributed by atoms with E-state index in [9.17, 15) is 14.4 Å². The van der Waals surface area contributed by atoms with Crippen molar-refractivity contribution in [3.8, 4) is 11.5 Å². The number of methoxy groups -OCH3 is 1. The van der Waals surface area contributed by atoms with Crippen LogP contribution in [-0.2, 0) is 14.3 Å². The van der Waals surface area contributed by atoms with Crippen molar-refractivity contribution in [3.63, 3.8) is 0 Å². The van der Waals surface area contributed by atoms with E-state index in [0.717, 1.165) is 17.7 Å². The average Bonchev–Trinajstić information content (AvgIpc) is 2.98. The number of imide groups is 1. The molecule has 156 valence electrons. The zero-order valence-electron chi connectivity index (χ0n) is 16.7. The third-order valence-electron chi connectivity index (χ3n) is 4.12. The Hall–Kier alpha value is -3.29. The van der Waals surface area contributed by atoms with Gasteiger partial charge in [-0.15, -0.1) is 0 Å². The summed E-state index contributed by atoms with van der Waals surface area (Å²) in [4.78, 5) is 37.3. The van der Waals surface area contributed by atoms with E-state index in [0.29, 0.717) is 30.3 Å². The van der Waals surface area contributed by atoms with Crippen molar-refractivity contribution in [1.82, 2.24) is 10.2 Å². The first-order chi connectivity index (χ1) is 14.0. The third-order valence-corrected chi connectivity index (χ3v) is 4.12. The summed E-state index contributed by atoms with van der Waals surface area (Å²) in [5, 5.41) is 2.53. The van der Waals surface area contributed by atoms with Gasteiger partial charge in [0.25, 0.3) is 5.91 Å². The van der Waals surface area contributed by atoms with Crippen LogP contribution in [0.15, 0.2) is 36.6 Å². The van der Waals surface area contributed by atoms with Crippen LogP contribution < -0.4 is 14.8 Å². The zero-order valence-corrected chi connectivity index (χ0v) is 16.7. The number of rotatable bonds is 11. The molecular formula is C21H26N2O6. The molecule has 1 N–H and O–H groups in total. The Morgan fingerprint density at radius 1 is 1.28 bits per heavy atom. The lowest BCUT2D eigenvalue weighted by Gasteiger charge is -2.11. The second-order valence-electron chi connectivity index (χ2n) is 6.28. The maximum absolute atomic E-state index is 12.5. The third kappa shape index (κ3) is 6.10. The van der Waals surface area contributed by atoms with Gasteiger partial charge in [0.2, 0.25) is 0 Å². The van der Waals surface area contributed by atoms with Crippen molar-refractivity contribution in [2.75, 3.05) is 26.9 Å². The second-order valence-corrected chi connectivity index (χ2v) is 6.28. The lowest BCUT2D eigenvalue weighted by Crippen LogP contribution is -2.33. The predicted octanol–water partition coefficient (Wildman–Crippen LogP) is 2.89. The van der Waals surface area contributed by atoms with Gasteiger partial charge in [-0.2, -0.15) is 0 Å². The van der Waals surface area contributed by atoms with E-state index >= 15 is 0 Å². The molecule has 0 spiro atoms. The average molecular weight is 402 g/mol. The molecule has 1 aliphatic heterocycles. The van der Waals surface area contributed by atoms with E-state index in [1.807, 2.05) is 6.92 Å². The van der Waals surface area contributed by atoms with Gasteiger partial charge in [-0.3, -0.25) is 14.5 Å². The molecular weight excluding hydrogens is 376 g/mol. The molecule has 29 heavy (non-hydrogen) atoms. The molecule has 3 amide bonds. The molecule has 0 radical (unpaired) electrons. The van der Waals surface area contributed by atoms with Crippen LogP contribution in [0, 0.1) is 0 Å². The van der Waals surface area contributed by atoms with Crippen molar-refractivity contribution in [3.05, 3.63) is 42.1 Å². The highest BCUT2D eigenvalue weighted by molar-refractivity contribution is 6.14. The number of urea groups is 1. The Bertz CT molecular complexity index is 802. The quantitative estimate of drug-likeness (QED) is 0.201. The largest absolute Gasteiger partial charge is 0.493 e. The molecule has 0 atom stereocenters. The van der Waals surface area contributed by atoms with Gasteiger partial charge in [0.05, 0.1) is 20.1 Å². The Morgan fingerprint density at radius 3 is 2.76 bits per heavy atom. The fourth-order valence-electron chi connectivity index (χ4n) is 2.59. The molecule has 0 unspecified atom stereocenters. The first kappa shape index (κ1) is 22.0. The standard InChI is InChI=1S/C21H26N2O6/c1-4-6-12-29-19(24)9-10-23-20(25)16(22-21(23)26)13-15-7-8-17(28-11-5-2)18(14-15)27-3/h5,7-8,13-14H,2,4,6,9-12H2,1,3H3,(H,22,26). The fraction of sp³-hybridized carbons (Fsp3) is 0.381. The summed E-state index contributed by atoms with van der Waals surface area (Å²) in [7, 11) is 1.51. The number of unbranched alkanes of at least 4 members (excludes halogenated alkanes) is 1. The maximum Gasteiger partial charge on any atom is 0.329 e. The molecule has 0 aromatic heterocycles. The number of nitrogens with one attached hydrogen (secondary N) is 1. The minimum Gasteiger partial charge on any atom is -0.493 e. The van der Waals surface area contributed by atoms with Crippen molar-refractivity contribution < 1.29 is 28.6 Å². The number of amides is 3. The normalized spacial score (nSPS) is 14.7. The molecule has 1 fully saturated rings. The zero-order chi connectivity index (χ0) is 21.2. The predicted molar refractivity (Wildman–Crippen MR) is 107 cm³/mol. The van der Waals surface area contributed by atoms with Crippen LogP contribution in [0.3, 0.4) is 0 Å². The van der Waals surface area contributed by atoms with Crippen molar-refractivity contribution in [2.24, 2.45) is 0 Å². The summed E-state index contributed by atoms with van der Waals surface area (Å²) in [6, 6.07) is 4.57. The molecule has 0 saturated carbocycles. The smallest absolute Gasteiger partial charge is 0.329 e. The van der Waals surface area contributed by atoms with E-state index in [1.165, 1.54) is 7.11 Å². The first-order valence-corrected chi connectivity index (χ1v) is 9.42. The Morgan fingerprint density at radius 2 is 2.07 bits per heavy atom. The van der Waals surface area contributed by atoms with E-state index in [2.05, 4.69) is 11.9 Å². The van der Waals surface area contributed by atoms with Crippen LogP contribution in [0.5, 0.6) is 11.5 Å². The van der Waals surface area contributed by atoms with Gasteiger partial charge >= 0.3 is 12.0 Å². The van der Waals surface area contributed by atoms with Gasteiger partial charge in [-0.05, 0) is 30.2 Å². The SMILES string of the molecule is C=CCOc1ccc(C=C2NC(=O)N(CCC(=O)OCCCC)C2=O)cc1OC. The van der Waals surface area contributed by atoms with E-state index in [1.54, 1.807) is 30.4 Å². The number of benzene rings is 1. The molecule has 2 rings (SSSR count). The van der Waals surface area contributed by atoms with Gasteiger partial charge in [-0.25, -0.2) is 4.79 Å². The van der Waals surface area contributed by atoms with Gasteiger partial charge < -0.3 is 19.5 Å². The van der Waals surface area contributed by atoms with Gasteiger partial charge in [0.1, 0.15) is 12.3 Å². The maximum atomic E-state index is 12.5. The summed E-state index contributed by atoms with van der Waals surface area (Å²) in [6.07, 6.45) is 4.82. The topological polar surface area (TPSA) is 94.2 Å². The van der Waals surface area contributed by atoms with E-state index < -0.39 is 17.9 Å². The number of hydrogen-bond donors (Lipinski definition) is 1. The van der Waals surface area contributed by atoms with Crippen molar-refractivity contribution in [1.29, 1.82) is 0 Å².